The number of alkyl halides is 1. The first-order chi connectivity index (χ1) is 18.0. The highest BCUT2D eigenvalue weighted by molar-refractivity contribution is 7.09. The number of nitrogens with zero attached hydrogens (tertiary/aromatic N) is 2. The van der Waals surface area contributed by atoms with Crippen molar-refractivity contribution in [2.45, 2.75) is 77.8 Å². The number of aromatic nitrogens is 1. The van der Waals surface area contributed by atoms with E-state index in [-0.39, 0.29) is 48.7 Å². The van der Waals surface area contributed by atoms with E-state index >= 15 is 0 Å². The van der Waals surface area contributed by atoms with Gasteiger partial charge in [0.25, 0.3) is 5.91 Å². The normalized spacial score (nSPS) is 29.4. The van der Waals surface area contributed by atoms with E-state index in [4.69, 9.17) is 4.74 Å². The zero-order valence-corrected chi connectivity index (χ0v) is 23.2. The van der Waals surface area contributed by atoms with Gasteiger partial charge in [-0.15, -0.1) is 11.3 Å². The molecule has 2 aliphatic rings. The van der Waals surface area contributed by atoms with Crippen molar-refractivity contribution in [1.82, 2.24) is 15.2 Å². The number of aliphatic hydroxyl groups excluding tert-OH is 1. The van der Waals surface area contributed by atoms with Crippen molar-refractivity contribution in [3.8, 4) is 0 Å². The van der Waals surface area contributed by atoms with Crippen LogP contribution in [0.25, 0.3) is 0 Å². The summed E-state index contributed by atoms with van der Waals surface area (Å²) in [6.45, 7) is 8.25. The molecule has 0 saturated carbocycles. The van der Waals surface area contributed by atoms with Crippen molar-refractivity contribution in [1.29, 1.82) is 0 Å². The Labute approximate surface area is 227 Å². The first-order valence-electron chi connectivity index (χ1n) is 13.1. The Morgan fingerprint density at radius 3 is 2.76 bits per heavy atom. The topological polar surface area (TPSA) is 109 Å². The van der Waals surface area contributed by atoms with Gasteiger partial charge in [-0.3, -0.25) is 9.59 Å². The summed E-state index contributed by atoms with van der Waals surface area (Å²) in [5.74, 6) is -1.38. The van der Waals surface area contributed by atoms with E-state index in [0.29, 0.717) is 24.4 Å². The summed E-state index contributed by atoms with van der Waals surface area (Å²) in [6, 6.07) is -0.721. The predicted molar refractivity (Wildman–Crippen MR) is 144 cm³/mol. The maximum atomic E-state index is 14.7. The summed E-state index contributed by atoms with van der Waals surface area (Å²) in [6.07, 6.45) is 6.43. The number of carbonyl (C=O) groups excluding carboxylic acids is 3. The molecule has 0 aliphatic carbocycles. The molecule has 0 radical (unpaired) electrons. The highest BCUT2D eigenvalue weighted by Crippen LogP contribution is 2.26. The van der Waals surface area contributed by atoms with Crippen LogP contribution < -0.4 is 5.32 Å². The first-order valence-corrected chi connectivity index (χ1v) is 14.0. The lowest BCUT2D eigenvalue weighted by molar-refractivity contribution is -0.158. The number of ether oxygens (including phenoxy) is 1. The molecule has 3 heterocycles. The molecule has 10 heteroatoms. The number of fused-ring (bicyclic) bond motifs is 3. The summed E-state index contributed by atoms with van der Waals surface area (Å²) in [4.78, 5) is 44.5. The van der Waals surface area contributed by atoms with Crippen LogP contribution in [0, 0.1) is 11.8 Å². The van der Waals surface area contributed by atoms with Crippen LogP contribution in [-0.4, -0.2) is 70.3 Å². The van der Waals surface area contributed by atoms with Crippen LogP contribution in [0.15, 0.2) is 41.3 Å². The second kappa shape index (κ2) is 13.8. The van der Waals surface area contributed by atoms with Crippen molar-refractivity contribution >= 4 is 29.1 Å². The molecule has 2 N–H and O–H groups in total. The molecule has 208 valence electrons. The van der Waals surface area contributed by atoms with E-state index in [0.717, 1.165) is 5.57 Å². The lowest BCUT2D eigenvalue weighted by Gasteiger charge is -2.29. The van der Waals surface area contributed by atoms with Crippen molar-refractivity contribution in [3.05, 3.63) is 52.0 Å². The Kier molecular flexibility index (Phi) is 10.8. The minimum Gasteiger partial charge on any atom is -0.460 e. The molecule has 8 nitrogen and oxygen atoms in total. The molecule has 1 saturated heterocycles. The van der Waals surface area contributed by atoms with Gasteiger partial charge in [0.1, 0.15) is 24.0 Å². The maximum Gasteiger partial charge on any atom is 0.329 e. The first kappa shape index (κ1) is 29.7. The quantitative estimate of drug-likeness (QED) is 0.518. The molecule has 0 aromatic carbocycles. The molecule has 1 aromatic heterocycles. The molecule has 0 spiro atoms. The number of amides is 2. The standard InChI is InChI=1S/C28H38FN3O5S/c1-17(2)26-19(4)9-10-24(34)30-11-5-7-18(3)13-21(33)14-20(29)15-25-31-22(16-38-25)27(35)32-12-6-8-23(32)28(36)37-26/h5,7,9-10,13,16-17,19-21,23,26,33H,6,8,11-12,14-15H2,1-4H3,(H,30,34)/b7-5?,10-9+,18-13?/t19-,20-,21-,23-,26-/m1/s1. The number of hydrogen-bond donors (Lipinski definition) is 2. The van der Waals surface area contributed by atoms with E-state index in [9.17, 15) is 23.9 Å². The van der Waals surface area contributed by atoms with Gasteiger partial charge >= 0.3 is 5.97 Å². The summed E-state index contributed by atoms with van der Waals surface area (Å²) in [7, 11) is 0. The number of carbonyl (C=O) groups is 3. The number of thiazole rings is 1. The van der Waals surface area contributed by atoms with E-state index in [2.05, 4.69) is 10.3 Å². The average molecular weight is 548 g/mol. The fourth-order valence-corrected chi connectivity index (χ4v) is 5.57. The average Bonchev–Trinajstić information content (AvgIpc) is 3.52. The Morgan fingerprint density at radius 1 is 1.26 bits per heavy atom. The van der Waals surface area contributed by atoms with Crippen molar-refractivity contribution < 1.29 is 28.6 Å². The van der Waals surface area contributed by atoms with Crippen molar-refractivity contribution in [2.24, 2.45) is 11.8 Å². The van der Waals surface area contributed by atoms with Gasteiger partial charge in [0.05, 0.1) is 11.1 Å². The van der Waals surface area contributed by atoms with Gasteiger partial charge in [0.15, 0.2) is 0 Å². The van der Waals surface area contributed by atoms with E-state index in [1.165, 1.54) is 22.3 Å². The molecular weight excluding hydrogens is 509 g/mol. The smallest absolute Gasteiger partial charge is 0.329 e. The Balaban J connectivity index is 1.85. The number of nitrogens with one attached hydrogen (secondary N) is 1. The summed E-state index contributed by atoms with van der Waals surface area (Å²) in [5, 5.41) is 15.1. The van der Waals surface area contributed by atoms with Crippen LogP contribution in [0.3, 0.4) is 0 Å². The number of cyclic esters (lactones) is 1. The van der Waals surface area contributed by atoms with Gasteiger partial charge < -0.3 is 20.1 Å². The number of allylic oxidation sites excluding steroid dienone is 2. The largest absolute Gasteiger partial charge is 0.460 e. The summed E-state index contributed by atoms with van der Waals surface area (Å²) >= 11 is 1.19. The molecule has 1 fully saturated rings. The Bertz CT molecular complexity index is 1080. The van der Waals surface area contributed by atoms with E-state index in [1.807, 2.05) is 20.8 Å². The molecule has 1 aromatic rings. The number of rotatable bonds is 1. The summed E-state index contributed by atoms with van der Waals surface area (Å²) < 4.78 is 20.6. The second-order valence-corrected chi connectivity index (χ2v) is 11.3. The number of halogens is 1. The number of esters is 1. The second-order valence-electron chi connectivity index (χ2n) is 10.3. The minimum absolute atomic E-state index is 0.00974. The van der Waals surface area contributed by atoms with Gasteiger partial charge in [-0.2, -0.15) is 0 Å². The fraction of sp³-hybridized carbons (Fsp3) is 0.571. The molecule has 2 aliphatic heterocycles. The third kappa shape index (κ3) is 8.33. The van der Waals surface area contributed by atoms with Gasteiger partial charge in [-0.1, -0.05) is 50.6 Å². The third-order valence-electron chi connectivity index (χ3n) is 6.66. The van der Waals surface area contributed by atoms with Gasteiger partial charge in [0.2, 0.25) is 5.91 Å². The van der Waals surface area contributed by atoms with Crippen molar-refractivity contribution in [2.75, 3.05) is 13.1 Å². The highest BCUT2D eigenvalue weighted by atomic mass is 32.1. The molecule has 5 atom stereocenters. The van der Waals surface area contributed by atoms with Crippen LogP contribution in [0.1, 0.15) is 62.5 Å². The minimum atomic E-state index is -1.34. The third-order valence-corrected chi connectivity index (χ3v) is 7.53. The van der Waals surface area contributed by atoms with E-state index < -0.39 is 30.4 Å². The fourth-order valence-electron chi connectivity index (χ4n) is 4.74. The lowest BCUT2D eigenvalue weighted by atomic mass is 9.94. The van der Waals surface area contributed by atoms with Crippen LogP contribution in [0.5, 0.6) is 0 Å². The molecule has 2 bridgehead atoms. The molecule has 2 amide bonds. The van der Waals surface area contributed by atoms with Crippen LogP contribution in [-0.2, 0) is 20.7 Å². The zero-order chi connectivity index (χ0) is 27.8. The monoisotopic (exact) mass is 547 g/mol. The van der Waals surface area contributed by atoms with Crippen LogP contribution in [0.2, 0.25) is 0 Å². The Morgan fingerprint density at radius 2 is 2.03 bits per heavy atom. The van der Waals surface area contributed by atoms with Gasteiger partial charge in [-0.05, 0) is 31.8 Å². The van der Waals surface area contributed by atoms with Crippen molar-refractivity contribution in [3.63, 3.8) is 0 Å². The highest BCUT2D eigenvalue weighted by Gasteiger charge is 2.38. The molecule has 3 rings (SSSR count). The lowest BCUT2D eigenvalue weighted by Crippen LogP contribution is -2.44. The van der Waals surface area contributed by atoms with Crippen LogP contribution in [0.4, 0.5) is 4.39 Å². The van der Waals surface area contributed by atoms with Gasteiger partial charge in [0, 0.05) is 37.2 Å². The Hall–Kier alpha value is -2.85. The number of hydrogen-bond acceptors (Lipinski definition) is 7. The zero-order valence-electron chi connectivity index (χ0n) is 22.4. The SMILES string of the molecule is CC1=C[C@@H](O)C[C@@H](F)Cc2nc(cs2)C(=O)N2CCC[C@@H]2C(=O)O[C@H](C(C)C)[C@H](C)/C=C/C(=O)NCC=C1. The maximum absolute atomic E-state index is 14.7. The molecule has 38 heavy (non-hydrogen) atoms. The molecular formula is C28H38FN3O5S. The molecule has 0 unspecified atom stereocenters. The van der Waals surface area contributed by atoms with Gasteiger partial charge in [-0.25, -0.2) is 14.2 Å². The van der Waals surface area contributed by atoms with Crippen LogP contribution >= 0.6 is 11.3 Å². The van der Waals surface area contributed by atoms with E-state index in [1.54, 1.807) is 36.6 Å². The summed E-state index contributed by atoms with van der Waals surface area (Å²) in [5.41, 5.74) is 0.921. The number of aliphatic hydroxyl groups is 1. The predicted octanol–water partition coefficient (Wildman–Crippen LogP) is 3.77.